The lowest BCUT2D eigenvalue weighted by molar-refractivity contribution is -0.116. The van der Waals surface area contributed by atoms with Gasteiger partial charge >= 0.3 is 0 Å². The van der Waals surface area contributed by atoms with Gasteiger partial charge in [-0.3, -0.25) is 9.59 Å². The number of carbonyl (C=O) groups is 2. The van der Waals surface area contributed by atoms with Crippen LogP contribution in [0, 0.1) is 0 Å². The zero-order chi connectivity index (χ0) is 17.9. The summed E-state index contributed by atoms with van der Waals surface area (Å²) in [5, 5.41) is 7.76. The van der Waals surface area contributed by atoms with Crippen LogP contribution in [-0.4, -0.2) is 24.9 Å². The molecular weight excluding hydrogens is 370 g/mol. The van der Waals surface area contributed by atoms with E-state index in [0.717, 1.165) is 25.7 Å². The fourth-order valence-electron chi connectivity index (χ4n) is 2.41. The summed E-state index contributed by atoms with van der Waals surface area (Å²) in [7, 11) is 0. The van der Waals surface area contributed by atoms with Crippen molar-refractivity contribution in [1.29, 1.82) is 0 Å². The van der Waals surface area contributed by atoms with Crippen LogP contribution in [0.4, 0.5) is 5.69 Å². The smallest absolute Gasteiger partial charge is 0.251 e. The van der Waals surface area contributed by atoms with E-state index in [4.69, 9.17) is 5.73 Å². The maximum absolute atomic E-state index is 12.1. The minimum Gasteiger partial charge on any atom is -0.352 e. The van der Waals surface area contributed by atoms with Crippen molar-refractivity contribution in [3.8, 4) is 0 Å². The number of benzene rings is 1. The minimum absolute atomic E-state index is 0. The lowest BCUT2D eigenvalue weighted by Gasteiger charge is -2.08. The van der Waals surface area contributed by atoms with Gasteiger partial charge in [-0.05, 0) is 61.9 Å². The van der Waals surface area contributed by atoms with Crippen molar-refractivity contribution in [1.82, 2.24) is 5.32 Å². The van der Waals surface area contributed by atoms with E-state index in [1.54, 1.807) is 35.6 Å². The van der Waals surface area contributed by atoms with Crippen LogP contribution in [0.5, 0.6) is 0 Å². The Morgan fingerprint density at radius 2 is 1.92 bits per heavy atom. The molecule has 0 bridgehead atoms. The summed E-state index contributed by atoms with van der Waals surface area (Å²) in [6.45, 7) is 1.24. The van der Waals surface area contributed by atoms with E-state index in [2.05, 4.69) is 16.7 Å². The van der Waals surface area contributed by atoms with Gasteiger partial charge in [-0.2, -0.15) is 0 Å². The maximum atomic E-state index is 12.1. The number of nitrogens with two attached hydrogens (primary N) is 1. The number of amides is 2. The number of unbranched alkanes of at least 4 members (excludes halogenated alkanes) is 1. The fraction of sp³-hybridized carbons (Fsp3) is 0.368. The second-order valence-electron chi connectivity index (χ2n) is 5.81. The van der Waals surface area contributed by atoms with Gasteiger partial charge in [0, 0.05) is 29.1 Å². The van der Waals surface area contributed by atoms with Crippen LogP contribution in [0.1, 0.15) is 40.9 Å². The SMILES string of the molecule is Cl.NCCCCNC(=O)c1cccc(NC(=O)CCCc2cccs2)c1. The normalized spacial score (nSPS) is 10.0. The van der Waals surface area contributed by atoms with E-state index in [9.17, 15) is 9.59 Å². The fourth-order valence-corrected chi connectivity index (χ4v) is 3.16. The highest BCUT2D eigenvalue weighted by atomic mass is 35.5. The second-order valence-corrected chi connectivity index (χ2v) is 6.85. The van der Waals surface area contributed by atoms with E-state index in [1.807, 2.05) is 11.4 Å². The van der Waals surface area contributed by atoms with Gasteiger partial charge in [-0.25, -0.2) is 0 Å². The molecule has 1 aromatic heterocycles. The summed E-state index contributed by atoms with van der Waals surface area (Å²) in [4.78, 5) is 25.4. The van der Waals surface area contributed by atoms with Gasteiger partial charge in [-0.1, -0.05) is 12.1 Å². The topological polar surface area (TPSA) is 84.2 Å². The Balaban J connectivity index is 0.00000338. The quantitative estimate of drug-likeness (QED) is 0.537. The third kappa shape index (κ3) is 7.99. The molecule has 0 aliphatic heterocycles. The highest BCUT2D eigenvalue weighted by Crippen LogP contribution is 2.14. The molecule has 2 rings (SSSR count). The first-order chi connectivity index (χ1) is 12.2. The van der Waals surface area contributed by atoms with Crippen molar-refractivity contribution in [2.24, 2.45) is 5.73 Å². The molecule has 0 spiro atoms. The highest BCUT2D eigenvalue weighted by Gasteiger charge is 2.08. The van der Waals surface area contributed by atoms with Crippen LogP contribution in [0.2, 0.25) is 0 Å². The third-order valence-corrected chi connectivity index (χ3v) is 4.67. The van der Waals surface area contributed by atoms with E-state index in [1.165, 1.54) is 4.88 Å². The zero-order valence-corrected chi connectivity index (χ0v) is 16.3. The molecule has 2 aromatic rings. The molecule has 7 heteroatoms. The molecule has 0 aliphatic rings. The minimum atomic E-state index is -0.134. The van der Waals surface area contributed by atoms with E-state index >= 15 is 0 Å². The molecule has 0 saturated carbocycles. The van der Waals surface area contributed by atoms with Crippen LogP contribution in [0.25, 0.3) is 0 Å². The molecule has 0 fully saturated rings. The monoisotopic (exact) mass is 395 g/mol. The Hall–Kier alpha value is -1.89. The molecule has 0 saturated heterocycles. The Labute approximate surface area is 164 Å². The first-order valence-corrected chi connectivity index (χ1v) is 9.47. The van der Waals surface area contributed by atoms with Crippen LogP contribution >= 0.6 is 23.7 Å². The van der Waals surface area contributed by atoms with Crippen LogP contribution in [0.15, 0.2) is 41.8 Å². The molecule has 1 heterocycles. The first kappa shape index (κ1) is 22.2. The van der Waals surface area contributed by atoms with Crippen molar-refractivity contribution in [2.45, 2.75) is 32.1 Å². The summed E-state index contributed by atoms with van der Waals surface area (Å²) in [5.74, 6) is -0.164. The molecule has 5 nitrogen and oxygen atoms in total. The van der Waals surface area contributed by atoms with E-state index in [-0.39, 0.29) is 24.2 Å². The molecule has 142 valence electrons. The summed E-state index contributed by atoms with van der Waals surface area (Å²) in [5.41, 5.74) is 6.63. The van der Waals surface area contributed by atoms with Gasteiger partial charge in [0.1, 0.15) is 0 Å². The van der Waals surface area contributed by atoms with Gasteiger partial charge in [0.15, 0.2) is 0 Å². The molecule has 26 heavy (non-hydrogen) atoms. The van der Waals surface area contributed by atoms with Gasteiger partial charge in [0.05, 0.1) is 0 Å². The lowest BCUT2D eigenvalue weighted by atomic mass is 10.1. The summed E-state index contributed by atoms with van der Waals surface area (Å²) in [6, 6.07) is 11.1. The number of thiophene rings is 1. The molecular formula is C19H26ClN3O2S. The Bertz CT molecular complexity index is 677. The molecule has 0 radical (unpaired) electrons. The Morgan fingerprint density at radius 1 is 1.08 bits per heavy atom. The van der Waals surface area contributed by atoms with Crippen LogP contribution < -0.4 is 16.4 Å². The third-order valence-electron chi connectivity index (χ3n) is 3.73. The Morgan fingerprint density at radius 3 is 2.65 bits per heavy atom. The van der Waals surface area contributed by atoms with Crippen molar-refractivity contribution >= 4 is 41.2 Å². The highest BCUT2D eigenvalue weighted by molar-refractivity contribution is 7.09. The van der Waals surface area contributed by atoms with Crippen LogP contribution in [0.3, 0.4) is 0 Å². The van der Waals surface area contributed by atoms with Crippen molar-refractivity contribution in [2.75, 3.05) is 18.4 Å². The summed E-state index contributed by atoms with van der Waals surface area (Å²) in [6.07, 6.45) is 3.95. The molecule has 2 amide bonds. The predicted octanol–water partition coefficient (Wildman–Crippen LogP) is 3.60. The number of carbonyl (C=O) groups excluding carboxylic acids is 2. The molecule has 0 unspecified atom stereocenters. The zero-order valence-electron chi connectivity index (χ0n) is 14.7. The lowest BCUT2D eigenvalue weighted by Crippen LogP contribution is -2.25. The number of rotatable bonds is 10. The second kappa shape index (κ2) is 12.5. The average Bonchev–Trinajstić information content (AvgIpc) is 3.12. The number of anilines is 1. The van der Waals surface area contributed by atoms with Gasteiger partial charge in [0.2, 0.25) is 5.91 Å². The number of nitrogens with one attached hydrogen (secondary N) is 2. The average molecular weight is 396 g/mol. The van der Waals surface area contributed by atoms with Crippen LogP contribution in [-0.2, 0) is 11.2 Å². The first-order valence-electron chi connectivity index (χ1n) is 8.59. The predicted molar refractivity (Wildman–Crippen MR) is 110 cm³/mol. The molecule has 4 N–H and O–H groups in total. The largest absolute Gasteiger partial charge is 0.352 e. The van der Waals surface area contributed by atoms with E-state index < -0.39 is 0 Å². The Kier molecular flexibility index (Phi) is 10.6. The number of halogens is 1. The molecule has 0 atom stereocenters. The van der Waals surface area contributed by atoms with Gasteiger partial charge in [0.25, 0.3) is 5.91 Å². The molecule has 1 aromatic carbocycles. The number of aryl methyl sites for hydroxylation is 1. The van der Waals surface area contributed by atoms with E-state index in [0.29, 0.717) is 30.8 Å². The number of hydrogen-bond acceptors (Lipinski definition) is 4. The number of hydrogen-bond donors (Lipinski definition) is 3. The standard InChI is InChI=1S/C19H25N3O2S.ClH/c20-11-1-2-12-21-19(24)15-6-3-7-16(14-15)22-18(23)10-4-8-17-9-5-13-25-17;/h3,5-7,9,13-14H,1-2,4,8,10-12,20H2,(H,21,24)(H,22,23);1H. The summed E-state index contributed by atoms with van der Waals surface area (Å²) < 4.78 is 0. The summed E-state index contributed by atoms with van der Waals surface area (Å²) >= 11 is 1.71. The van der Waals surface area contributed by atoms with Crippen molar-refractivity contribution in [3.63, 3.8) is 0 Å². The van der Waals surface area contributed by atoms with Gasteiger partial charge < -0.3 is 16.4 Å². The van der Waals surface area contributed by atoms with Crippen molar-refractivity contribution in [3.05, 3.63) is 52.2 Å². The van der Waals surface area contributed by atoms with Crippen molar-refractivity contribution < 1.29 is 9.59 Å². The van der Waals surface area contributed by atoms with Gasteiger partial charge in [-0.15, -0.1) is 23.7 Å². The molecule has 0 aliphatic carbocycles. The maximum Gasteiger partial charge on any atom is 0.251 e.